The smallest absolute Gasteiger partial charge is 0.219 e. The minimum Gasteiger partial charge on any atom is -0.493 e. The van der Waals surface area contributed by atoms with Crippen molar-refractivity contribution in [1.29, 1.82) is 0 Å². The van der Waals surface area contributed by atoms with E-state index in [1.54, 1.807) is 14.0 Å². The predicted octanol–water partition coefficient (Wildman–Crippen LogP) is 4.26. The van der Waals surface area contributed by atoms with E-state index in [9.17, 15) is 4.79 Å². The number of amides is 1. The third kappa shape index (κ3) is 3.21. The second-order valence-electron chi connectivity index (χ2n) is 7.18. The SMILES string of the molecule is CCOc1cc2c(cc1OC)CCN(C(C)=O)[C@H]2Cc1c[nH]c2ccccc12. The summed E-state index contributed by atoms with van der Waals surface area (Å²) in [5, 5.41) is 1.21. The van der Waals surface area contributed by atoms with Crippen LogP contribution < -0.4 is 9.47 Å². The molecule has 1 aromatic heterocycles. The first-order valence-electron chi connectivity index (χ1n) is 9.78. The van der Waals surface area contributed by atoms with Crippen molar-refractivity contribution in [2.45, 2.75) is 32.7 Å². The summed E-state index contributed by atoms with van der Waals surface area (Å²) in [7, 11) is 1.67. The number of H-pyrrole nitrogens is 1. The predicted molar refractivity (Wildman–Crippen MR) is 110 cm³/mol. The molecule has 1 N–H and O–H groups in total. The molecule has 5 nitrogen and oxygen atoms in total. The van der Waals surface area contributed by atoms with Gasteiger partial charge in [0.05, 0.1) is 19.8 Å². The number of hydrogen-bond acceptors (Lipinski definition) is 3. The summed E-state index contributed by atoms with van der Waals surface area (Å²) in [6, 6.07) is 12.4. The molecular formula is C23H26N2O3. The maximum atomic E-state index is 12.4. The van der Waals surface area contributed by atoms with Crippen LogP contribution in [0.25, 0.3) is 10.9 Å². The van der Waals surface area contributed by atoms with Gasteiger partial charge in [0.25, 0.3) is 0 Å². The molecule has 0 saturated carbocycles. The van der Waals surface area contributed by atoms with E-state index in [1.165, 1.54) is 16.5 Å². The van der Waals surface area contributed by atoms with E-state index >= 15 is 0 Å². The van der Waals surface area contributed by atoms with Crippen LogP contribution in [0.15, 0.2) is 42.6 Å². The molecule has 2 heterocycles. The molecule has 1 aliphatic heterocycles. The van der Waals surface area contributed by atoms with E-state index in [-0.39, 0.29) is 11.9 Å². The number of methoxy groups -OCH3 is 1. The molecule has 0 fully saturated rings. The van der Waals surface area contributed by atoms with Gasteiger partial charge in [-0.25, -0.2) is 0 Å². The summed E-state index contributed by atoms with van der Waals surface area (Å²) in [4.78, 5) is 17.7. The number of ether oxygens (including phenoxy) is 2. The van der Waals surface area contributed by atoms with Gasteiger partial charge in [-0.3, -0.25) is 4.79 Å². The summed E-state index contributed by atoms with van der Waals surface area (Å²) < 4.78 is 11.3. The molecule has 1 atom stereocenters. The van der Waals surface area contributed by atoms with E-state index < -0.39 is 0 Å². The van der Waals surface area contributed by atoms with Crippen LogP contribution in [0.5, 0.6) is 11.5 Å². The second-order valence-corrected chi connectivity index (χ2v) is 7.18. The fourth-order valence-corrected chi connectivity index (χ4v) is 4.24. The Morgan fingerprint density at radius 2 is 2.07 bits per heavy atom. The van der Waals surface area contributed by atoms with Gasteiger partial charge in [-0.05, 0) is 54.7 Å². The topological polar surface area (TPSA) is 54.6 Å². The standard InChI is InChI=1S/C23H26N2O3/c1-4-28-23-13-19-16(12-22(23)27-3)9-10-25(15(2)26)21(19)11-17-14-24-20-8-6-5-7-18(17)20/h5-8,12-14,21,24H,4,9-11H2,1-3H3/t21-/m0/s1. The fraction of sp³-hybridized carbons (Fsp3) is 0.348. The highest BCUT2D eigenvalue weighted by molar-refractivity contribution is 5.83. The van der Waals surface area contributed by atoms with Crippen molar-refractivity contribution in [2.24, 2.45) is 0 Å². The first kappa shape index (κ1) is 18.4. The number of hydrogen-bond donors (Lipinski definition) is 1. The van der Waals surface area contributed by atoms with Gasteiger partial charge >= 0.3 is 0 Å². The fourth-order valence-electron chi connectivity index (χ4n) is 4.24. The van der Waals surface area contributed by atoms with Crippen LogP contribution in [0, 0.1) is 0 Å². The molecule has 0 unspecified atom stereocenters. The Morgan fingerprint density at radius 1 is 1.25 bits per heavy atom. The van der Waals surface area contributed by atoms with Crippen LogP contribution >= 0.6 is 0 Å². The normalized spacial score (nSPS) is 16.1. The van der Waals surface area contributed by atoms with Crippen LogP contribution in [-0.2, 0) is 17.6 Å². The van der Waals surface area contributed by atoms with Gasteiger partial charge in [-0.1, -0.05) is 18.2 Å². The Balaban J connectivity index is 1.79. The van der Waals surface area contributed by atoms with Gasteiger partial charge in [0, 0.05) is 30.6 Å². The monoisotopic (exact) mass is 378 g/mol. The van der Waals surface area contributed by atoms with Crippen LogP contribution in [0.2, 0.25) is 0 Å². The molecule has 2 aromatic carbocycles. The Labute approximate surface area is 165 Å². The van der Waals surface area contributed by atoms with Gasteiger partial charge in [0.15, 0.2) is 11.5 Å². The molecule has 0 spiro atoms. The average molecular weight is 378 g/mol. The third-order valence-corrected chi connectivity index (χ3v) is 5.58. The second kappa shape index (κ2) is 7.58. The van der Waals surface area contributed by atoms with E-state index in [1.807, 2.05) is 17.9 Å². The van der Waals surface area contributed by atoms with Crippen molar-refractivity contribution in [2.75, 3.05) is 20.3 Å². The summed E-state index contributed by atoms with van der Waals surface area (Å²) in [5.41, 5.74) is 4.71. The molecular weight excluding hydrogens is 352 g/mol. The van der Waals surface area contributed by atoms with Crippen molar-refractivity contribution in [3.63, 3.8) is 0 Å². The molecule has 1 amide bonds. The Kier molecular flexibility index (Phi) is 4.99. The van der Waals surface area contributed by atoms with Crippen molar-refractivity contribution < 1.29 is 14.3 Å². The van der Waals surface area contributed by atoms with Crippen LogP contribution in [0.3, 0.4) is 0 Å². The maximum absolute atomic E-state index is 12.4. The van der Waals surface area contributed by atoms with E-state index in [0.717, 1.165) is 35.4 Å². The summed E-state index contributed by atoms with van der Waals surface area (Å²) in [5.74, 6) is 1.59. The van der Waals surface area contributed by atoms with Gasteiger partial charge < -0.3 is 19.4 Å². The van der Waals surface area contributed by atoms with Crippen molar-refractivity contribution >= 4 is 16.8 Å². The van der Waals surface area contributed by atoms with E-state index in [0.29, 0.717) is 13.2 Å². The number of rotatable bonds is 5. The van der Waals surface area contributed by atoms with Crippen molar-refractivity contribution in [1.82, 2.24) is 9.88 Å². The van der Waals surface area contributed by atoms with Gasteiger partial charge in [-0.2, -0.15) is 0 Å². The number of fused-ring (bicyclic) bond motifs is 2. The Hall–Kier alpha value is -2.95. The number of nitrogens with zero attached hydrogens (tertiary/aromatic N) is 1. The molecule has 4 rings (SSSR count). The molecule has 0 radical (unpaired) electrons. The zero-order valence-electron chi connectivity index (χ0n) is 16.6. The Morgan fingerprint density at radius 3 is 2.82 bits per heavy atom. The molecule has 28 heavy (non-hydrogen) atoms. The number of aromatic amines is 1. The molecule has 3 aromatic rings. The largest absolute Gasteiger partial charge is 0.493 e. The van der Waals surface area contributed by atoms with E-state index in [2.05, 4.69) is 41.5 Å². The highest BCUT2D eigenvalue weighted by atomic mass is 16.5. The zero-order chi connectivity index (χ0) is 19.7. The molecule has 0 bridgehead atoms. The van der Waals surface area contributed by atoms with Gasteiger partial charge in [-0.15, -0.1) is 0 Å². The van der Waals surface area contributed by atoms with Gasteiger partial charge in [0.1, 0.15) is 0 Å². The lowest BCUT2D eigenvalue weighted by Gasteiger charge is -2.37. The van der Waals surface area contributed by atoms with Crippen molar-refractivity contribution in [3.8, 4) is 11.5 Å². The van der Waals surface area contributed by atoms with Crippen LogP contribution in [0.4, 0.5) is 0 Å². The third-order valence-electron chi connectivity index (χ3n) is 5.58. The lowest BCUT2D eigenvalue weighted by Crippen LogP contribution is -2.39. The minimum absolute atomic E-state index is 0.0226. The summed E-state index contributed by atoms with van der Waals surface area (Å²) in [6.07, 6.45) is 3.64. The minimum atomic E-state index is -0.0226. The number of para-hydroxylation sites is 1. The van der Waals surface area contributed by atoms with Gasteiger partial charge in [0.2, 0.25) is 5.91 Å². The van der Waals surface area contributed by atoms with Crippen LogP contribution in [0.1, 0.15) is 36.6 Å². The molecule has 0 saturated heterocycles. The first-order chi connectivity index (χ1) is 13.6. The highest BCUT2D eigenvalue weighted by Gasteiger charge is 2.31. The lowest BCUT2D eigenvalue weighted by molar-refractivity contribution is -0.131. The number of nitrogens with one attached hydrogen (secondary N) is 1. The number of aromatic nitrogens is 1. The first-order valence-corrected chi connectivity index (χ1v) is 9.78. The van der Waals surface area contributed by atoms with E-state index in [4.69, 9.17) is 9.47 Å². The zero-order valence-corrected chi connectivity index (χ0v) is 16.6. The molecule has 5 heteroatoms. The Bertz CT molecular complexity index is 1010. The lowest BCUT2D eigenvalue weighted by atomic mass is 9.88. The average Bonchev–Trinajstić information content (AvgIpc) is 3.11. The van der Waals surface area contributed by atoms with Crippen LogP contribution in [-0.4, -0.2) is 36.1 Å². The molecule has 1 aliphatic rings. The number of carbonyl (C=O) groups excluding carboxylic acids is 1. The molecule has 146 valence electrons. The number of carbonyl (C=O) groups is 1. The summed E-state index contributed by atoms with van der Waals surface area (Å²) in [6.45, 7) is 4.90. The number of benzene rings is 2. The highest BCUT2D eigenvalue weighted by Crippen LogP contribution is 2.40. The van der Waals surface area contributed by atoms with Crippen molar-refractivity contribution in [3.05, 3.63) is 59.3 Å². The maximum Gasteiger partial charge on any atom is 0.219 e. The molecule has 0 aliphatic carbocycles. The summed E-state index contributed by atoms with van der Waals surface area (Å²) >= 11 is 0. The quantitative estimate of drug-likeness (QED) is 0.722.